The summed E-state index contributed by atoms with van der Waals surface area (Å²) in [7, 11) is 1.67. The van der Waals surface area contributed by atoms with Crippen LogP contribution in [-0.2, 0) is 4.74 Å². The first-order chi connectivity index (χ1) is 13.3. The average molecular weight is 385 g/mol. The van der Waals surface area contributed by atoms with Crippen LogP contribution >= 0.6 is 11.3 Å². The van der Waals surface area contributed by atoms with Gasteiger partial charge in [0.05, 0.1) is 6.04 Å². The lowest BCUT2D eigenvalue weighted by Gasteiger charge is -2.19. The summed E-state index contributed by atoms with van der Waals surface area (Å²) in [6.07, 6.45) is 3.51. The second kappa shape index (κ2) is 8.06. The van der Waals surface area contributed by atoms with Gasteiger partial charge in [0.1, 0.15) is 11.3 Å². The van der Waals surface area contributed by atoms with E-state index in [2.05, 4.69) is 31.7 Å². The molecule has 1 saturated heterocycles. The number of hydrogen-bond acceptors (Lipinski definition) is 5. The summed E-state index contributed by atoms with van der Waals surface area (Å²) < 4.78 is 7.23. The lowest BCUT2D eigenvalue weighted by atomic mass is 10.2. The molecule has 1 fully saturated rings. The first-order valence-electron chi connectivity index (χ1n) is 9.15. The normalized spacial score (nSPS) is 16.9. The second-order valence-electron chi connectivity index (χ2n) is 6.63. The predicted molar refractivity (Wildman–Crippen MR) is 106 cm³/mol. The zero-order chi connectivity index (χ0) is 18.6. The number of aromatic nitrogens is 3. The molecule has 7 nitrogen and oxygen atoms in total. The molecular weight excluding hydrogens is 362 g/mol. The highest BCUT2D eigenvalue weighted by Gasteiger charge is 2.30. The number of likely N-dealkylation sites (tertiary alicyclic amines) is 1. The maximum atomic E-state index is 12.4. The average Bonchev–Trinajstić information content (AvgIpc) is 3.43. The highest BCUT2D eigenvalue weighted by molar-refractivity contribution is 7.08. The van der Waals surface area contributed by atoms with E-state index < -0.39 is 0 Å². The van der Waals surface area contributed by atoms with Gasteiger partial charge in [-0.15, -0.1) is 0 Å². The summed E-state index contributed by atoms with van der Waals surface area (Å²) in [6.45, 7) is 2.68. The minimum Gasteiger partial charge on any atom is -0.385 e. The maximum absolute atomic E-state index is 12.4. The molecule has 1 N–H and O–H groups in total. The van der Waals surface area contributed by atoms with Crippen molar-refractivity contribution < 1.29 is 9.53 Å². The molecule has 1 aliphatic rings. The Morgan fingerprint density at radius 3 is 3.19 bits per heavy atom. The van der Waals surface area contributed by atoms with Crippen molar-refractivity contribution in [2.24, 2.45) is 0 Å². The second-order valence-corrected chi connectivity index (χ2v) is 7.41. The maximum Gasteiger partial charge on any atom is 0.317 e. The van der Waals surface area contributed by atoms with Crippen LogP contribution < -0.4 is 5.32 Å². The van der Waals surface area contributed by atoms with E-state index in [1.165, 1.54) is 0 Å². The number of hydrogen-bond donors (Lipinski definition) is 1. The zero-order valence-corrected chi connectivity index (χ0v) is 16.1. The molecule has 4 heterocycles. The van der Waals surface area contributed by atoms with Gasteiger partial charge in [0.15, 0.2) is 5.65 Å². The predicted octanol–water partition coefficient (Wildman–Crippen LogP) is 3.15. The molecule has 0 unspecified atom stereocenters. The molecule has 0 saturated carbocycles. The quantitative estimate of drug-likeness (QED) is 0.662. The summed E-state index contributed by atoms with van der Waals surface area (Å²) >= 11 is 1.66. The van der Waals surface area contributed by atoms with Crippen LogP contribution in [0.5, 0.6) is 0 Å². The number of nitrogens with zero attached hydrogens (tertiary/aromatic N) is 4. The van der Waals surface area contributed by atoms with Gasteiger partial charge < -0.3 is 19.5 Å². The van der Waals surface area contributed by atoms with E-state index >= 15 is 0 Å². The van der Waals surface area contributed by atoms with E-state index in [0.29, 0.717) is 19.7 Å². The molecule has 142 valence electrons. The molecule has 8 heteroatoms. The van der Waals surface area contributed by atoms with Gasteiger partial charge in [-0.1, -0.05) is 0 Å². The van der Waals surface area contributed by atoms with E-state index in [1.54, 1.807) is 24.6 Å². The van der Waals surface area contributed by atoms with Crippen LogP contribution in [0, 0.1) is 0 Å². The van der Waals surface area contributed by atoms with Gasteiger partial charge in [-0.3, -0.25) is 0 Å². The Morgan fingerprint density at radius 1 is 1.44 bits per heavy atom. The molecule has 27 heavy (non-hydrogen) atoms. The van der Waals surface area contributed by atoms with Gasteiger partial charge in [0, 0.05) is 50.5 Å². The largest absolute Gasteiger partial charge is 0.385 e. The molecule has 0 aliphatic carbocycles. The third-order valence-electron chi connectivity index (χ3n) is 4.85. The van der Waals surface area contributed by atoms with Gasteiger partial charge in [-0.2, -0.15) is 11.3 Å². The third kappa shape index (κ3) is 3.68. The molecule has 1 atom stereocenters. The SMILES string of the molecule is COCCCNC(=O)N1CC[C@@H](n2c(-c3ccsc3)nc3cccnc32)C1. The highest BCUT2D eigenvalue weighted by atomic mass is 32.1. The van der Waals surface area contributed by atoms with E-state index in [0.717, 1.165) is 41.9 Å². The van der Waals surface area contributed by atoms with Gasteiger partial charge >= 0.3 is 6.03 Å². The number of fused-ring (bicyclic) bond motifs is 1. The number of carbonyl (C=O) groups is 1. The number of pyridine rings is 1. The van der Waals surface area contributed by atoms with Crippen molar-refractivity contribution in [3.05, 3.63) is 35.2 Å². The molecule has 3 aromatic heterocycles. The summed E-state index contributed by atoms with van der Waals surface area (Å²) in [5.74, 6) is 0.928. The number of nitrogens with one attached hydrogen (secondary N) is 1. The number of rotatable bonds is 6. The number of ether oxygens (including phenoxy) is 1. The number of urea groups is 1. The summed E-state index contributed by atoms with van der Waals surface area (Å²) in [5.41, 5.74) is 2.87. The monoisotopic (exact) mass is 385 g/mol. The van der Waals surface area contributed by atoms with Crippen molar-refractivity contribution in [2.75, 3.05) is 33.4 Å². The topological polar surface area (TPSA) is 72.3 Å². The fourth-order valence-electron chi connectivity index (χ4n) is 3.53. The molecular formula is C19H23N5O2S. The number of thiophene rings is 1. The Morgan fingerprint density at radius 2 is 2.37 bits per heavy atom. The standard InChI is InChI=1S/C19H23N5O2S/c1-26-10-3-8-21-19(25)23-9-5-15(12-23)24-17(14-6-11-27-13-14)22-16-4-2-7-20-18(16)24/h2,4,6-7,11,13,15H,3,5,8-10,12H2,1H3,(H,21,25)/t15-/m1/s1. The fraction of sp³-hybridized carbons (Fsp3) is 0.421. The van der Waals surface area contributed by atoms with E-state index in [9.17, 15) is 4.79 Å². The minimum absolute atomic E-state index is 0.0110. The summed E-state index contributed by atoms with van der Waals surface area (Å²) in [5, 5.41) is 7.13. The zero-order valence-electron chi connectivity index (χ0n) is 15.3. The van der Waals surface area contributed by atoms with E-state index in [1.807, 2.05) is 17.0 Å². The van der Waals surface area contributed by atoms with Crippen LogP contribution in [0.15, 0.2) is 35.2 Å². The Labute approximate surface area is 162 Å². The molecule has 0 bridgehead atoms. The molecule has 4 rings (SSSR count). The van der Waals surface area contributed by atoms with Crippen molar-refractivity contribution >= 4 is 28.5 Å². The minimum atomic E-state index is -0.0110. The van der Waals surface area contributed by atoms with Crippen molar-refractivity contribution in [1.29, 1.82) is 0 Å². The molecule has 0 spiro atoms. The smallest absolute Gasteiger partial charge is 0.317 e. The van der Waals surface area contributed by atoms with E-state index in [-0.39, 0.29) is 12.1 Å². The Hall–Kier alpha value is -2.45. The molecule has 0 radical (unpaired) electrons. The van der Waals surface area contributed by atoms with Gasteiger partial charge in [0.2, 0.25) is 0 Å². The lowest BCUT2D eigenvalue weighted by Crippen LogP contribution is -2.39. The van der Waals surface area contributed by atoms with Crippen LogP contribution in [0.25, 0.3) is 22.6 Å². The Kier molecular flexibility index (Phi) is 5.35. The summed E-state index contributed by atoms with van der Waals surface area (Å²) in [4.78, 5) is 23.7. The van der Waals surface area contributed by atoms with Gasteiger partial charge in [-0.25, -0.2) is 14.8 Å². The van der Waals surface area contributed by atoms with Crippen LogP contribution in [0.2, 0.25) is 0 Å². The first kappa shape index (κ1) is 17.9. The first-order valence-corrected chi connectivity index (χ1v) is 10.1. The van der Waals surface area contributed by atoms with Gasteiger partial charge in [0.25, 0.3) is 0 Å². The van der Waals surface area contributed by atoms with Crippen LogP contribution in [0.1, 0.15) is 18.9 Å². The number of imidazole rings is 1. The van der Waals surface area contributed by atoms with Crippen molar-refractivity contribution in [3.8, 4) is 11.4 Å². The molecule has 0 aromatic carbocycles. The van der Waals surface area contributed by atoms with Crippen molar-refractivity contribution in [2.45, 2.75) is 18.9 Å². The Bertz CT molecular complexity index is 908. The van der Waals surface area contributed by atoms with Crippen LogP contribution in [-0.4, -0.2) is 58.8 Å². The van der Waals surface area contributed by atoms with Crippen molar-refractivity contribution in [3.63, 3.8) is 0 Å². The molecule has 1 aliphatic heterocycles. The number of methoxy groups -OCH3 is 1. The number of carbonyl (C=O) groups excluding carboxylic acids is 1. The van der Waals surface area contributed by atoms with E-state index in [4.69, 9.17) is 9.72 Å². The summed E-state index contributed by atoms with van der Waals surface area (Å²) in [6, 6.07) is 6.14. The highest BCUT2D eigenvalue weighted by Crippen LogP contribution is 2.32. The van der Waals surface area contributed by atoms with Crippen LogP contribution in [0.3, 0.4) is 0 Å². The van der Waals surface area contributed by atoms with Crippen molar-refractivity contribution in [1.82, 2.24) is 24.8 Å². The lowest BCUT2D eigenvalue weighted by molar-refractivity contribution is 0.188. The van der Waals surface area contributed by atoms with Crippen LogP contribution in [0.4, 0.5) is 4.79 Å². The third-order valence-corrected chi connectivity index (χ3v) is 5.53. The molecule has 2 amide bonds. The fourth-order valence-corrected chi connectivity index (χ4v) is 4.17. The number of amides is 2. The van der Waals surface area contributed by atoms with Gasteiger partial charge in [-0.05, 0) is 36.4 Å². The molecule has 3 aromatic rings. The Balaban J connectivity index is 1.55.